The lowest BCUT2D eigenvalue weighted by molar-refractivity contribution is -2.00. The Morgan fingerprint density at radius 2 is 1.38 bits per heavy atom. The summed E-state index contributed by atoms with van der Waals surface area (Å²) in [5.74, 6) is 0. The van der Waals surface area contributed by atoms with Crippen LogP contribution in [0.2, 0.25) is 0 Å². The largest absolute Gasteiger partial charge is 0.238 e. The molecule has 0 saturated carbocycles. The Balaban J connectivity index is 0.000000431. The van der Waals surface area contributed by atoms with Gasteiger partial charge in [-0.1, -0.05) is 47.5 Å². The molecule has 0 aliphatic heterocycles. The molecule has 0 saturated heterocycles. The highest BCUT2D eigenvalue weighted by molar-refractivity contribution is 5.67. The molecule has 1 heterocycles. The van der Waals surface area contributed by atoms with Crippen LogP contribution in [-0.4, -0.2) is 4.68 Å². The molecule has 0 radical (unpaired) electrons. The van der Waals surface area contributed by atoms with Gasteiger partial charge in [0.1, 0.15) is 5.69 Å². The lowest BCUT2D eigenvalue weighted by atomic mass is 10.1. The van der Waals surface area contributed by atoms with Crippen LogP contribution in [0.5, 0.6) is 0 Å². The molecule has 2 aromatic carbocycles. The molecule has 3 rings (SSSR count). The maximum Gasteiger partial charge on any atom is 0.238 e. The minimum absolute atomic E-state index is 1.23. The minimum Gasteiger partial charge on any atom is -0.222 e. The highest BCUT2D eigenvalue weighted by Crippen LogP contribution is 2.25. The quantitative estimate of drug-likeness (QED) is 0.538. The van der Waals surface area contributed by atoms with Crippen molar-refractivity contribution in [3.63, 3.8) is 0 Å². The summed E-state index contributed by atoms with van der Waals surface area (Å²) in [6, 6.07) is 19.6. The maximum atomic E-state index is 8.49. The first-order valence-electron chi connectivity index (χ1n) is 7.88. The highest BCUT2D eigenvalue weighted by atomic mass is 35.7. The van der Waals surface area contributed by atoms with Crippen LogP contribution in [0.3, 0.4) is 0 Å². The standard InChI is InChI=1S/C19H21N2.ClHO4/c1-14-8-10-16(11-9-14)18-13-19(21(4)20(18)3)17-7-5-6-15(2)12-17;2-1(3,4)5/h5-13H,1-4H3;(H,2,3,4,5)/q+1;/p-1. The predicted molar refractivity (Wildman–Crippen MR) is 86.9 cm³/mol. The summed E-state index contributed by atoms with van der Waals surface area (Å²) in [7, 11) is -0.732. The zero-order valence-corrected chi connectivity index (χ0v) is 15.9. The second-order valence-electron chi connectivity index (χ2n) is 6.08. The average Bonchev–Trinajstić information content (AvgIpc) is 2.83. The molecule has 0 aliphatic carbocycles. The van der Waals surface area contributed by atoms with Gasteiger partial charge in [-0.2, -0.15) is 4.68 Å². The van der Waals surface area contributed by atoms with E-state index in [4.69, 9.17) is 18.6 Å². The van der Waals surface area contributed by atoms with Crippen molar-refractivity contribution < 1.29 is 33.6 Å². The van der Waals surface area contributed by atoms with Crippen LogP contribution in [0.15, 0.2) is 54.6 Å². The molecule has 138 valence electrons. The molecule has 0 N–H and O–H groups in total. The molecule has 0 bridgehead atoms. The summed E-state index contributed by atoms with van der Waals surface area (Å²) >= 11 is 0. The molecule has 0 aliphatic rings. The van der Waals surface area contributed by atoms with Gasteiger partial charge >= 0.3 is 0 Å². The number of benzene rings is 2. The van der Waals surface area contributed by atoms with Crippen molar-refractivity contribution in [2.45, 2.75) is 13.8 Å². The Morgan fingerprint density at radius 3 is 1.92 bits per heavy atom. The van der Waals surface area contributed by atoms with E-state index in [0.29, 0.717) is 0 Å². The molecular weight excluding hydrogens is 356 g/mol. The number of aryl methyl sites for hydroxylation is 2. The van der Waals surface area contributed by atoms with Gasteiger partial charge in [0.05, 0.1) is 7.05 Å². The Labute approximate surface area is 154 Å². The Morgan fingerprint density at radius 1 is 0.808 bits per heavy atom. The first-order chi connectivity index (χ1) is 12.1. The normalized spacial score (nSPS) is 11.1. The number of halogens is 1. The molecule has 1 aromatic heterocycles. The van der Waals surface area contributed by atoms with Gasteiger partial charge in [0.2, 0.25) is 5.69 Å². The van der Waals surface area contributed by atoms with Gasteiger partial charge in [-0.25, -0.2) is 18.6 Å². The lowest BCUT2D eigenvalue weighted by Gasteiger charge is -2.17. The first kappa shape index (κ1) is 20.1. The first-order valence-corrected chi connectivity index (χ1v) is 9.11. The van der Waals surface area contributed by atoms with Gasteiger partial charge in [0.25, 0.3) is 0 Å². The molecular formula is C19H21ClN2O4. The predicted octanol–water partition coefficient (Wildman–Crippen LogP) is -0.956. The van der Waals surface area contributed by atoms with Gasteiger partial charge in [-0.05, 0) is 26.0 Å². The van der Waals surface area contributed by atoms with Gasteiger partial charge in [-0.3, -0.25) is 0 Å². The number of nitrogens with zero attached hydrogens (tertiary/aromatic N) is 2. The van der Waals surface area contributed by atoms with E-state index in [9.17, 15) is 0 Å². The van der Waals surface area contributed by atoms with Crippen molar-refractivity contribution in [1.29, 1.82) is 0 Å². The van der Waals surface area contributed by atoms with E-state index in [1.807, 2.05) is 0 Å². The van der Waals surface area contributed by atoms with E-state index < -0.39 is 10.2 Å². The number of hydrogen-bond acceptors (Lipinski definition) is 4. The van der Waals surface area contributed by atoms with E-state index in [0.717, 1.165) is 0 Å². The summed E-state index contributed by atoms with van der Waals surface area (Å²) in [6.45, 7) is 4.25. The third-order valence-electron chi connectivity index (χ3n) is 4.08. The maximum absolute atomic E-state index is 8.49. The molecule has 0 amide bonds. The monoisotopic (exact) mass is 376 g/mol. The molecule has 3 aromatic rings. The van der Waals surface area contributed by atoms with Gasteiger partial charge in [0, 0.05) is 17.2 Å². The Hall–Kier alpha value is -2.22. The average molecular weight is 377 g/mol. The van der Waals surface area contributed by atoms with Gasteiger partial charge < -0.3 is 0 Å². The SMILES string of the molecule is Cc1ccc(-c2cc(-c3cccc(C)c3)[n+](C)n2C)cc1.[O-][Cl+3]([O-])([O-])[O-]. The van der Waals surface area contributed by atoms with E-state index in [-0.39, 0.29) is 0 Å². The fraction of sp³-hybridized carbons (Fsp3) is 0.211. The van der Waals surface area contributed by atoms with Crippen molar-refractivity contribution >= 4 is 0 Å². The van der Waals surface area contributed by atoms with Crippen LogP contribution in [0.1, 0.15) is 11.1 Å². The van der Waals surface area contributed by atoms with Crippen LogP contribution in [0.25, 0.3) is 22.5 Å². The van der Waals surface area contributed by atoms with Crippen molar-refractivity contribution in [3.8, 4) is 22.5 Å². The topological polar surface area (TPSA) is 101 Å². The summed E-state index contributed by atoms with van der Waals surface area (Å²) in [4.78, 5) is 0. The summed E-state index contributed by atoms with van der Waals surface area (Å²) in [5, 5.41) is 0. The summed E-state index contributed by atoms with van der Waals surface area (Å²) < 4.78 is 38.4. The van der Waals surface area contributed by atoms with Crippen LogP contribution >= 0.6 is 0 Å². The van der Waals surface area contributed by atoms with Crippen molar-refractivity contribution in [1.82, 2.24) is 4.68 Å². The Kier molecular flexibility index (Phi) is 6.17. The number of rotatable bonds is 2. The molecule has 26 heavy (non-hydrogen) atoms. The van der Waals surface area contributed by atoms with Crippen molar-refractivity contribution in [2.24, 2.45) is 14.1 Å². The fourth-order valence-corrected chi connectivity index (χ4v) is 2.71. The third-order valence-corrected chi connectivity index (χ3v) is 4.08. The molecule has 0 fully saturated rings. The van der Waals surface area contributed by atoms with E-state index >= 15 is 0 Å². The highest BCUT2D eigenvalue weighted by Gasteiger charge is 2.19. The lowest BCUT2D eigenvalue weighted by Crippen LogP contribution is -2.68. The molecule has 7 heteroatoms. The van der Waals surface area contributed by atoms with Crippen LogP contribution < -0.4 is 23.3 Å². The molecule has 0 spiro atoms. The third kappa shape index (κ3) is 5.39. The second-order valence-corrected chi connectivity index (χ2v) is 6.83. The minimum atomic E-state index is -4.94. The van der Waals surface area contributed by atoms with Crippen molar-refractivity contribution in [2.75, 3.05) is 0 Å². The van der Waals surface area contributed by atoms with Gasteiger partial charge in [-0.15, -0.1) is 14.9 Å². The van der Waals surface area contributed by atoms with Crippen LogP contribution in [-0.2, 0) is 14.1 Å². The van der Waals surface area contributed by atoms with Crippen LogP contribution in [0, 0.1) is 24.1 Å². The zero-order chi connectivity index (χ0) is 19.5. The van der Waals surface area contributed by atoms with E-state index in [1.54, 1.807) is 0 Å². The zero-order valence-electron chi connectivity index (χ0n) is 15.1. The second kappa shape index (κ2) is 7.99. The van der Waals surface area contributed by atoms with Crippen LogP contribution in [0.4, 0.5) is 0 Å². The van der Waals surface area contributed by atoms with E-state index in [2.05, 4.69) is 91.9 Å². The summed E-state index contributed by atoms with van der Waals surface area (Å²) in [5.41, 5.74) is 7.54. The number of aromatic nitrogens is 2. The van der Waals surface area contributed by atoms with Crippen molar-refractivity contribution in [3.05, 3.63) is 65.7 Å². The molecule has 0 atom stereocenters. The Bertz CT molecular complexity index is 878. The molecule has 0 unspecified atom stereocenters. The van der Waals surface area contributed by atoms with Gasteiger partial charge in [0.15, 0.2) is 7.05 Å². The molecule has 6 nitrogen and oxygen atoms in total. The smallest absolute Gasteiger partial charge is 0.222 e. The fourth-order valence-electron chi connectivity index (χ4n) is 2.71. The number of hydrogen-bond donors (Lipinski definition) is 0. The summed E-state index contributed by atoms with van der Waals surface area (Å²) in [6.07, 6.45) is 0. The van der Waals surface area contributed by atoms with E-state index in [1.165, 1.54) is 33.6 Å².